The number of nitrogens with one attached hydrogen (secondary N) is 1. The molecule has 36 heavy (non-hydrogen) atoms. The van der Waals surface area contributed by atoms with Crippen molar-refractivity contribution in [1.82, 2.24) is 14.5 Å². The third-order valence-electron chi connectivity index (χ3n) is 7.13. The summed E-state index contributed by atoms with van der Waals surface area (Å²) in [5.74, 6) is 0.824. The quantitative estimate of drug-likeness (QED) is 0.109. The van der Waals surface area contributed by atoms with Gasteiger partial charge in [0, 0.05) is 54.5 Å². The van der Waals surface area contributed by atoms with Gasteiger partial charge >= 0.3 is 0 Å². The minimum Gasteiger partial charge on any atom is -0.452 e. The molecular weight excluding hydrogens is 446 g/mol. The Morgan fingerprint density at radius 3 is 2.39 bits per heavy atom. The summed E-state index contributed by atoms with van der Waals surface area (Å²) in [6, 6.07) is 17.0. The predicted octanol–water partition coefficient (Wildman–Crippen LogP) is 4.73. The molecule has 0 saturated carbocycles. The van der Waals surface area contributed by atoms with Crippen LogP contribution in [-0.2, 0) is 0 Å². The molecule has 0 aromatic heterocycles. The minimum absolute atomic E-state index is 0.820. The van der Waals surface area contributed by atoms with Crippen molar-refractivity contribution in [3.63, 3.8) is 0 Å². The monoisotopic (exact) mass is 489 g/mol. The van der Waals surface area contributed by atoms with Gasteiger partial charge in [0.1, 0.15) is 24.3 Å². The van der Waals surface area contributed by atoms with Gasteiger partial charge in [0.15, 0.2) is 11.3 Å². The summed E-state index contributed by atoms with van der Waals surface area (Å²) < 4.78 is 9.84. The first-order chi connectivity index (χ1) is 17.3. The molecule has 192 valence electrons. The average molecular weight is 490 g/mol. The van der Waals surface area contributed by atoms with Crippen LogP contribution in [0.15, 0.2) is 52.9 Å². The fourth-order valence-electron chi connectivity index (χ4n) is 5.03. The Balaban J connectivity index is 1.60. The Bertz CT molecular complexity index is 1350. The lowest BCUT2D eigenvalue weighted by atomic mass is 10.1. The molecule has 0 saturated heterocycles. The number of hydrogen-bond donors (Lipinski definition) is 1. The summed E-state index contributed by atoms with van der Waals surface area (Å²) in [7, 11) is 8.96. The van der Waals surface area contributed by atoms with Gasteiger partial charge in [0.25, 0.3) is 0 Å². The number of benzene rings is 3. The lowest BCUT2D eigenvalue weighted by Gasteiger charge is -2.30. The van der Waals surface area contributed by atoms with E-state index in [2.05, 4.69) is 105 Å². The van der Waals surface area contributed by atoms with Crippen LogP contribution in [0.25, 0.3) is 33.3 Å². The summed E-state index contributed by atoms with van der Waals surface area (Å²) in [6.45, 7) is 10.7. The van der Waals surface area contributed by atoms with E-state index in [0.29, 0.717) is 0 Å². The second-order valence-corrected chi connectivity index (χ2v) is 10.7. The van der Waals surface area contributed by atoms with Crippen LogP contribution in [0.3, 0.4) is 0 Å². The first-order valence-electron chi connectivity index (χ1n) is 13.4. The summed E-state index contributed by atoms with van der Waals surface area (Å²) >= 11 is 0. The molecule has 1 aliphatic heterocycles. The van der Waals surface area contributed by atoms with Crippen molar-refractivity contribution in [2.75, 3.05) is 72.8 Å². The highest BCUT2D eigenvalue weighted by atomic mass is 16.3. The van der Waals surface area contributed by atoms with Crippen LogP contribution >= 0.6 is 0 Å². The Labute approximate surface area is 215 Å². The van der Waals surface area contributed by atoms with Crippen molar-refractivity contribution < 1.29 is 8.90 Å². The van der Waals surface area contributed by atoms with Crippen molar-refractivity contribution in [2.24, 2.45) is 0 Å². The van der Waals surface area contributed by atoms with E-state index in [1.165, 1.54) is 23.7 Å². The van der Waals surface area contributed by atoms with E-state index < -0.39 is 0 Å². The van der Waals surface area contributed by atoms with Crippen LogP contribution in [0.2, 0.25) is 0 Å². The van der Waals surface area contributed by atoms with Crippen LogP contribution in [0.4, 0.5) is 5.69 Å². The van der Waals surface area contributed by atoms with Crippen LogP contribution < -0.4 is 15.2 Å². The fraction of sp³-hybridized carbons (Fsp3) is 0.467. The first kappa shape index (κ1) is 26.1. The van der Waals surface area contributed by atoms with Crippen molar-refractivity contribution in [2.45, 2.75) is 26.7 Å². The zero-order valence-electron chi connectivity index (χ0n) is 23.0. The Kier molecular flexibility index (Phi) is 8.27. The molecule has 0 spiro atoms. The molecule has 1 heterocycles. The molecule has 4 rings (SSSR count). The molecule has 1 N–H and O–H groups in total. The Morgan fingerprint density at radius 2 is 1.67 bits per heavy atom. The third kappa shape index (κ3) is 6.05. The molecule has 2 aromatic carbocycles. The highest BCUT2D eigenvalue weighted by Gasteiger charge is 2.17. The summed E-state index contributed by atoms with van der Waals surface area (Å²) in [4.78, 5) is 7.29. The normalized spacial score (nSPS) is 12.2. The highest BCUT2D eigenvalue weighted by molar-refractivity contribution is 6.10. The SMILES string of the molecule is CC[N+](CC)=c1ccc2nc3c(cc(NCCC[N+](C)(C)CCCN(C)C)c4ccccc43)oc-2c1. The average Bonchev–Trinajstić information content (AvgIpc) is 2.86. The largest absolute Gasteiger partial charge is 0.452 e. The maximum atomic E-state index is 6.46. The van der Waals surface area contributed by atoms with Crippen molar-refractivity contribution >= 4 is 27.6 Å². The third-order valence-corrected chi connectivity index (χ3v) is 7.13. The van der Waals surface area contributed by atoms with Gasteiger partial charge < -0.3 is 19.1 Å². The molecule has 6 heteroatoms. The van der Waals surface area contributed by atoms with Crippen molar-refractivity contribution in [3.05, 3.63) is 53.9 Å². The molecule has 0 radical (unpaired) electrons. The topological polar surface area (TPSA) is 44.3 Å². The fourth-order valence-corrected chi connectivity index (χ4v) is 5.03. The van der Waals surface area contributed by atoms with Gasteiger partial charge in [-0.05, 0) is 34.0 Å². The van der Waals surface area contributed by atoms with E-state index in [9.17, 15) is 0 Å². The van der Waals surface area contributed by atoms with E-state index in [1.807, 2.05) is 0 Å². The van der Waals surface area contributed by atoms with Crippen LogP contribution in [0.1, 0.15) is 26.7 Å². The molecule has 0 amide bonds. The highest BCUT2D eigenvalue weighted by Crippen LogP contribution is 2.34. The number of hydrogen-bond acceptors (Lipinski definition) is 4. The van der Waals surface area contributed by atoms with Gasteiger partial charge in [-0.25, -0.2) is 9.56 Å². The Morgan fingerprint density at radius 1 is 0.944 bits per heavy atom. The van der Waals surface area contributed by atoms with E-state index in [0.717, 1.165) is 77.3 Å². The predicted molar refractivity (Wildman–Crippen MR) is 153 cm³/mol. The number of fused-ring (bicyclic) bond motifs is 4. The van der Waals surface area contributed by atoms with Gasteiger partial charge in [0.2, 0.25) is 5.36 Å². The number of anilines is 1. The molecular formula is C30H43N5O+2. The standard InChI is InChI=1S/C30H42N5O/c1-7-34(8-2)23-15-16-26-28(21-23)36-29-22-27(24-13-9-10-14-25(24)30(29)32-26)31-17-11-19-35(5,6)20-12-18-33(3)4/h9-10,13-16,21-22H,7-8,11-12,17-20H2,1-6H3/q+1/p+1. The molecule has 2 aliphatic rings. The summed E-state index contributed by atoms with van der Waals surface area (Å²) in [5, 5.41) is 7.19. The van der Waals surface area contributed by atoms with Crippen LogP contribution in [-0.4, -0.2) is 81.8 Å². The van der Waals surface area contributed by atoms with Gasteiger partial charge in [0.05, 0.1) is 33.3 Å². The minimum atomic E-state index is 0.820. The van der Waals surface area contributed by atoms with Crippen LogP contribution in [0.5, 0.6) is 0 Å². The maximum absolute atomic E-state index is 6.46. The molecule has 0 bridgehead atoms. The van der Waals surface area contributed by atoms with E-state index in [4.69, 9.17) is 9.40 Å². The molecule has 0 fully saturated rings. The first-order valence-corrected chi connectivity index (χ1v) is 13.4. The van der Waals surface area contributed by atoms with Gasteiger partial charge in [-0.3, -0.25) is 0 Å². The molecule has 1 aliphatic carbocycles. The number of aromatic nitrogens is 1. The van der Waals surface area contributed by atoms with Gasteiger partial charge in [-0.15, -0.1) is 0 Å². The number of quaternary nitrogens is 1. The van der Waals surface area contributed by atoms with Gasteiger partial charge in [-0.1, -0.05) is 24.3 Å². The maximum Gasteiger partial charge on any atom is 0.203 e. The number of nitrogens with zero attached hydrogens (tertiary/aromatic N) is 4. The summed E-state index contributed by atoms with van der Waals surface area (Å²) in [6.07, 6.45) is 2.34. The lowest BCUT2D eigenvalue weighted by Crippen LogP contribution is -2.42. The molecule has 0 unspecified atom stereocenters. The summed E-state index contributed by atoms with van der Waals surface area (Å²) in [5.41, 5.74) is 3.73. The van der Waals surface area contributed by atoms with Gasteiger partial charge in [-0.2, -0.15) is 0 Å². The Hall–Kier alpha value is -2.96. The number of rotatable bonds is 11. The zero-order chi connectivity index (χ0) is 25.7. The smallest absolute Gasteiger partial charge is 0.203 e. The molecule has 0 atom stereocenters. The van der Waals surface area contributed by atoms with E-state index in [-0.39, 0.29) is 0 Å². The van der Waals surface area contributed by atoms with E-state index in [1.54, 1.807) is 0 Å². The molecule has 6 nitrogen and oxygen atoms in total. The van der Waals surface area contributed by atoms with Crippen molar-refractivity contribution in [1.29, 1.82) is 0 Å². The zero-order valence-corrected chi connectivity index (χ0v) is 23.0. The van der Waals surface area contributed by atoms with Crippen molar-refractivity contribution in [3.8, 4) is 11.5 Å². The second-order valence-electron chi connectivity index (χ2n) is 10.7. The molecule has 2 aromatic rings. The van der Waals surface area contributed by atoms with E-state index >= 15 is 0 Å². The van der Waals surface area contributed by atoms with Crippen LogP contribution in [0, 0.1) is 0 Å². The lowest BCUT2D eigenvalue weighted by molar-refractivity contribution is -0.890. The second kappa shape index (κ2) is 11.4.